The molecule has 0 aliphatic carbocycles. The van der Waals surface area contributed by atoms with Gasteiger partial charge in [-0.15, -0.1) is 0 Å². The molecule has 0 unspecified atom stereocenters. The molecule has 108 valence electrons. The van der Waals surface area contributed by atoms with Crippen LogP contribution in [0.4, 0.5) is 5.82 Å². The molecule has 0 aliphatic rings. The Morgan fingerprint density at radius 1 is 1.60 bits per heavy atom. The fraction of sp³-hybridized carbons (Fsp3) is 0.364. The van der Waals surface area contributed by atoms with Crippen molar-refractivity contribution in [1.82, 2.24) is 15.1 Å². The van der Waals surface area contributed by atoms with Crippen molar-refractivity contribution >= 4 is 17.7 Å². The lowest BCUT2D eigenvalue weighted by Crippen LogP contribution is -2.26. The van der Waals surface area contributed by atoms with Crippen molar-refractivity contribution in [3.8, 4) is 0 Å². The zero-order valence-electron chi connectivity index (χ0n) is 11.0. The van der Waals surface area contributed by atoms with Crippen molar-refractivity contribution in [2.45, 2.75) is 20.4 Å². The van der Waals surface area contributed by atoms with E-state index in [1.54, 1.807) is 6.92 Å². The van der Waals surface area contributed by atoms with E-state index in [4.69, 9.17) is 0 Å². The maximum Gasteiger partial charge on any atom is 0.389 e. The number of esters is 1. The van der Waals surface area contributed by atoms with E-state index in [-0.39, 0.29) is 19.0 Å². The average Bonchev–Trinajstić information content (AvgIpc) is 2.77. The van der Waals surface area contributed by atoms with Gasteiger partial charge in [-0.25, -0.2) is 4.79 Å². The van der Waals surface area contributed by atoms with Gasteiger partial charge in [0.05, 0.1) is 24.0 Å². The SMILES string of the molecule is CCOC(=O)/C=C(\C)NC(=O)Cn1ccc([N+](=O)[O-])n1. The van der Waals surface area contributed by atoms with Gasteiger partial charge in [-0.1, -0.05) is 0 Å². The number of amides is 1. The van der Waals surface area contributed by atoms with Gasteiger partial charge in [0, 0.05) is 11.8 Å². The maximum absolute atomic E-state index is 11.6. The van der Waals surface area contributed by atoms with Crippen LogP contribution in [0.15, 0.2) is 24.0 Å². The predicted octanol–water partition coefficient (Wildman–Crippen LogP) is 0.374. The molecule has 0 aliphatic heterocycles. The van der Waals surface area contributed by atoms with Crippen LogP contribution in [-0.4, -0.2) is 33.2 Å². The van der Waals surface area contributed by atoms with Gasteiger partial charge in [-0.2, -0.15) is 4.68 Å². The molecule has 1 N–H and O–H groups in total. The average molecular weight is 282 g/mol. The highest BCUT2D eigenvalue weighted by molar-refractivity contribution is 5.84. The summed E-state index contributed by atoms with van der Waals surface area (Å²) in [5, 5.41) is 16.5. The van der Waals surface area contributed by atoms with Crippen LogP contribution in [0, 0.1) is 10.1 Å². The maximum atomic E-state index is 11.6. The van der Waals surface area contributed by atoms with Gasteiger partial charge >= 0.3 is 11.8 Å². The standard InChI is InChI=1S/C11H14N4O5/c1-3-20-11(17)6-8(2)12-10(16)7-14-5-4-9(13-14)15(18)19/h4-6H,3,7H2,1-2H3,(H,12,16)/b8-6+. The van der Waals surface area contributed by atoms with Crippen LogP contribution in [0.3, 0.4) is 0 Å². The summed E-state index contributed by atoms with van der Waals surface area (Å²) in [5.41, 5.74) is 0.315. The molecular weight excluding hydrogens is 268 g/mol. The quantitative estimate of drug-likeness (QED) is 0.349. The Hall–Kier alpha value is -2.71. The zero-order valence-corrected chi connectivity index (χ0v) is 11.0. The minimum atomic E-state index is -0.652. The lowest BCUT2D eigenvalue weighted by molar-refractivity contribution is -0.389. The van der Waals surface area contributed by atoms with E-state index in [1.165, 1.54) is 19.2 Å². The van der Waals surface area contributed by atoms with E-state index in [0.29, 0.717) is 5.70 Å². The Morgan fingerprint density at radius 2 is 2.30 bits per heavy atom. The molecule has 0 saturated carbocycles. The summed E-state index contributed by atoms with van der Waals surface area (Å²) in [6.45, 7) is 3.25. The first kappa shape index (κ1) is 15.3. The van der Waals surface area contributed by atoms with Crippen LogP contribution in [0.1, 0.15) is 13.8 Å². The number of hydrogen-bond acceptors (Lipinski definition) is 6. The molecule has 0 aromatic carbocycles. The fourth-order valence-electron chi connectivity index (χ4n) is 1.34. The summed E-state index contributed by atoms with van der Waals surface area (Å²) in [4.78, 5) is 32.5. The Balaban J connectivity index is 2.54. The molecule has 9 nitrogen and oxygen atoms in total. The first-order valence-electron chi connectivity index (χ1n) is 5.75. The summed E-state index contributed by atoms with van der Waals surface area (Å²) >= 11 is 0. The highest BCUT2D eigenvalue weighted by Crippen LogP contribution is 2.04. The Labute approximate surface area is 114 Å². The molecule has 0 atom stereocenters. The van der Waals surface area contributed by atoms with Crippen molar-refractivity contribution in [3.63, 3.8) is 0 Å². The molecule has 9 heteroatoms. The van der Waals surface area contributed by atoms with Crippen molar-refractivity contribution in [2.75, 3.05) is 6.61 Å². The third-order valence-electron chi connectivity index (χ3n) is 2.08. The van der Waals surface area contributed by atoms with Gasteiger partial charge < -0.3 is 20.2 Å². The smallest absolute Gasteiger partial charge is 0.389 e. The first-order chi connectivity index (χ1) is 9.42. The Kier molecular flexibility index (Phi) is 5.39. The van der Waals surface area contributed by atoms with E-state index >= 15 is 0 Å². The van der Waals surface area contributed by atoms with Gasteiger partial charge in [0.25, 0.3) is 0 Å². The van der Waals surface area contributed by atoms with Crippen LogP contribution in [0.25, 0.3) is 0 Å². The van der Waals surface area contributed by atoms with E-state index in [1.807, 2.05) is 0 Å². The zero-order chi connectivity index (χ0) is 15.1. The Morgan fingerprint density at radius 3 is 2.85 bits per heavy atom. The van der Waals surface area contributed by atoms with Crippen molar-refractivity contribution in [3.05, 3.63) is 34.2 Å². The number of aromatic nitrogens is 2. The molecule has 0 radical (unpaired) electrons. The van der Waals surface area contributed by atoms with Gasteiger partial charge in [0.15, 0.2) is 0 Å². The molecule has 0 spiro atoms. The van der Waals surface area contributed by atoms with Crippen molar-refractivity contribution in [1.29, 1.82) is 0 Å². The molecule has 1 heterocycles. The topological polar surface area (TPSA) is 116 Å². The monoisotopic (exact) mass is 282 g/mol. The van der Waals surface area contributed by atoms with Crippen molar-refractivity contribution in [2.24, 2.45) is 0 Å². The second kappa shape index (κ2) is 7.02. The summed E-state index contributed by atoms with van der Waals surface area (Å²) in [7, 11) is 0. The number of nitrogens with zero attached hydrogens (tertiary/aromatic N) is 3. The van der Waals surface area contributed by atoms with Gasteiger partial charge in [-0.3, -0.25) is 4.79 Å². The van der Waals surface area contributed by atoms with Gasteiger partial charge in [-0.05, 0) is 18.8 Å². The van der Waals surface area contributed by atoms with E-state index in [2.05, 4.69) is 15.2 Å². The molecule has 1 amide bonds. The number of ether oxygens (including phenoxy) is 1. The predicted molar refractivity (Wildman–Crippen MR) is 67.4 cm³/mol. The van der Waals surface area contributed by atoms with Crippen LogP contribution >= 0.6 is 0 Å². The molecule has 0 saturated heterocycles. The number of rotatable bonds is 6. The number of hydrogen-bond donors (Lipinski definition) is 1. The van der Waals surface area contributed by atoms with E-state index in [9.17, 15) is 19.7 Å². The molecular formula is C11H14N4O5. The molecule has 1 aromatic rings. The van der Waals surface area contributed by atoms with Gasteiger partial charge in [0.2, 0.25) is 5.91 Å². The number of allylic oxidation sites excluding steroid dienone is 1. The lowest BCUT2D eigenvalue weighted by Gasteiger charge is -2.04. The molecule has 0 bridgehead atoms. The first-order valence-corrected chi connectivity index (χ1v) is 5.75. The third kappa shape index (κ3) is 4.88. The van der Waals surface area contributed by atoms with Crippen LogP contribution in [-0.2, 0) is 20.9 Å². The second-order valence-corrected chi connectivity index (χ2v) is 3.76. The van der Waals surface area contributed by atoms with Crippen LogP contribution in [0.2, 0.25) is 0 Å². The van der Waals surface area contributed by atoms with Crippen molar-refractivity contribution < 1.29 is 19.2 Å². The molecule has 1 aromatic heterocycles. The highest BCUT2D eigenvalue weighted by Gasteiger charge is 2.13. The number of carbonyl (C=O) groups excluding carboxylic acids is 2. The van der Waals surface area contributed by atoms with Gasteiger partial charge in [0.1, 0.15) is 6.54 Å². The summed E-state index contributed by atoms with van der Waals surface area (Å²) in [6.07, 6.45) is 2.47. The summed E-state index contributed by atoms with van der Waals surface area (Å²) < 4.78 is 5.81. The second-order valence-electron chi connectivity index (χ2n) is 3.76. The minimum Gasteiger partial charge on any atom is -0.463 e. The third-order valence-corrected chi connectivity index (χ3v) is 2.08. The van der Waals surface area contributed by atoms with E-state index in [0.717, 1.165) is 10.8 Å². The summed E-state index contributed by atoms with van der Waals surface area (Å²) in [5.74, 6) is -1.35. The minimum absolute atomic E-state index is 0.193. The normalized spacial score (nSPS) is 11.0. The highest BCUT2D eigenvalue weighted by atomic mass is 16.6. The molecule has 0 fully saturated rings. The number of carbonyl (C=O) groups is 2. The van der Waals surface area contributed by atoms with E-state index < -0.39 is 16.8 Å². The van der Waals surface area contributed by atoms with Crippen LogP contribution < -0.4 is 5.32 Å². The fourth-order valence-corrected chi connectivity index (χ4v) is 1.34. The number of nitrogens with one attached hydrogen (secondary N) is 1. The lowest BCUT2D eigenvalue weighted by atomic mass is 10.4. The molecule has 1 rings (SSSR count). The summed E-state index contributed by atoms with van der Waals surface area (Å²) in [6, 6.07) is 1.19. The molecule has 20 heavy (non-hydrogen) atoms. The largest absolute Gasteiger partial charge is 0.463 e. The number of nitro groups is 1. The van der Waals surface area contributed by atoms with Crippen LogP contribution in [0.5, 0.6) is 0 Å². The Bertz CT molecular complexity index is 549.